The minimum atomic E-state index is -0.152. The molecule has 0 spiro atoms. The van der Waals surface area contributed by atoms with Crippen molar-refractivity contribution >= 4 is 32.7 Å². The first-order valence-corrected chi connectivity index (χ1v) is 8.28. The van der Waals surface area contributed by atoms with Crippen molar-refractivity contribution in [3.8, 4) is 0 Å². The highest BCUT2D eigenvalue weighted by Gasteiger charge is 1.97. The van der Waals surface area contributed by atoms with Gasteiger partial charge in [-0.3, -0.25) is 0 Å². The fourth-order valence-corrected chi connectivity index (χ4v) is 2.40. The van der Waals surface area contributed by atoms with Crippen molar-refractivity contribution in [3.05, 3.63) is 0 Å². The molecule has 0 fully saturated rings. The van der Waals surface area contributed by atoms with E-state index in [1.54, 1.807) is 0 Å². The van der Waals surface area contributed by atoms with Crippen LogP contribution in [0, 0.1) is 0 Å². The maximum absolute atomic E-state index is 5.64. The topological polar surface area (TPSA) is 0 Å². The van der Waals surface area contributed by atoms with Gasteiger partial charge in [-0.15, -0.1) is 23.2 Å². The van der Waals surface area contributed by atoms with Crippen LogP contribution in [0.2, 0.25) is 12.6 Å². The van der Waals surface area contributed by atoms with Gasteiger partial charge < -0.3 is 0 Å². The Morgan fingerprint density at radius 2 is 1.36 bits per heavy atom. The lowest BCUT2D eigenvalue weighted by Crippen LogP contribution is -1.87. The van der Waals surface area contributed by atoms with Crippen LogP contribution in [0.25, 0.3) is 0 Å². The molecule has 0 saturated carbocycles. The molecule has 0 saturated heterocycles. The zero-order valence-electron chi connectivity index (χ0n) is 9.20. The Morgan fingerprint density at radius 3 is 1.86 bits per heavy atom. The standard InChI is InChI=1S/C11H22Cl2Si/c1-14-10-8-6-4-2-3-5-7-9-11(12)13/h11H,2-10H2,1H3. The van der Waals surface area contributed by atoms with E-state index in [1.165, 1.54) is 51.0 Å². The molecular weight excluding hydrogens is 231 g/mol. The molecular formula is C11H22Cl2Si. The second-order valence-corrected chi connectivity index (χ2v) is 6.24. The van der Waals surface area contributed by atoms with Crippen molar-refractivity contribution in [2.75, 3.05) is 0 Å². The number of hydrogen-bond donors (Lipinski definition) is 0. The molecule has 0 aromatic heterocycles. The highest BCUT2D eigenvalue weighted by Crippen LogP contribution is 2.14. The lowest BCUT2D eigenvalue weighted by molar-refractivity contribution is 0.582. The molecule has 0 aromatic rings. The summed E-state index contributed by atoms with van der Waals surface area (Å²) >= 11 is 11.3. The molecule has 0 atom stereocenters. The zero-order valence-corrected chi connectivity index (χ0v) is 11.7. The van der Waals surface area contributed by atoms with Crippen molar-refractivity contribution in [2.45, 2.75) is 68.8 Å². The normalized spacial score (nSPS) is 11.1. The third-order valence-corrected chi connectivity index (χ3v) is 3.64. The maximum Gasteiger partial charge on any atom is 0.107 e. The Balaban J connectivity index is 2.85. The van der Waals surface area contributed by atoms with Crippen LogP contribution in [-0.4, -0.2) is 14.4 Å². The summed E-state index contributed by atoms with van der Waals surface area (Å²) in [6.07, 6.45) is 10.5. The van der Waals surface area contributed by atoms with Crippen LogP contribution in [0.5, 0.6) is 0 Å². The summed E-state index contributed by atoms with van der Waals surface area (Å²) in [5.41, 5.74) is 0. The first-order valence-electron chi connectivity index (χ1n) is 5.70. The Hall–Kier alpha value is 0.797. The van der Waals surface area contributed by atoms with Crippen LogP contribution in [-0.2, 0) is 0 Å². The molecule has 0 aromatic carbocycles. The van der Waals surface area contributed by atoms with Crippen LogP contribution < -0.4 is 0 Å². The molecule has 3 heteroatoms. The maximum atomic E-state index is 5.64. The lowest BCUT2D eigenvalue weighted by atomic mass is 10.1. The monoisotopic (exact) mass is 252 g/mol. The van der Waals surface area contributed by atoms with E-state index >= 15 is 0 Å². The number of alkyl halides is 2. The van der Waals surface area contributed by atoms with Gasteiger partial charge in [-0.2, -0.15) is 0 Å². The lowest BCUT2D eigenvalue weighted by Gasteiger charge is -2.02. The van der Waals surface area contributed by atoms with Crippen LogP contribution in [0.1, 0.15) is 51.4 Å². The molecule has 84 valence electrons. The van der Waals surface area contributed by atoms with E-state index in [0.717, 1.165) is 15.9 Å². The molecule has 0 rings (SSSR count). The third-order valence-electron chi connectivity index (χ3n) is 2.35. The minimum absolute atomic E-state index is 0.152. The summed E-state index contributed by atoms with van der Waals surface area (Å²) in [6, 6.07) is 1.43. The van der Waals surface area contributed by atoms with E-state index in [2.05, 4.69) is 6.55 Å². The van der Waals surface area contributed by atoms with Crippen LogP contribution in [0.4, 0.5) is 0 Å². The predicted octanol–water partition coefficient (Wildman–Crippen LogP) is 5.08. The molecule has 0 amide bonds. The summed E-state index contributed by atoms with van der Waals surface area (Å²) in [6.45, 7) is 2.29. The summed E-state index contributed by atoms with van der Waals surface area (Å²) in [5, 5.41) is 0. The van der Waals surface area contributed by atoms with E-state index < -0.39 is 0 Å². The van der Waals surface area contributed by atoms with Gasteiger partial charge in [0.05, 0.1) is 0 Å². The van der Waals surface area contributed by atoms with E-state index in [9.17, 15) is 0 Å². The smallest absolute Gasteiger partial charge is 0.105 e. The van der Waals surface area contributed by atoms with Crippen molar-refractivity contribution < 1.29 is 0 Å². The summed E-state index contributed by atoms with van der Waals surface area (Å²) < 4.78 is 0. The molecule has 0 N–H and O–H groups in total. The Kier molecular flexibility index (Phi) is 12.5. The number of unbranched alkanes of at least 4 members (excludes halogenated alkanes) is 6. The van der Waals surface area contributed by atoms with Crippen molar-refractivity contribution in [2.24, 2.45) is 0 Å². The van der Waals surface area contributed by atoms with Gasteiger partial charge in [-0.25, -0.2) is 0 Å². The second-order valence-electron chi connectivity index (χ2n) is 3.76. The van der Waals surface area contributed by atoms with Gasteiger partial charge in [-0.1, -0.05) is 57.5 Å². The molecule has 2 radical (unpaired) electrons. The minimum Gasteiger partial charge on any atom is -0.105 e. The Bertz CT molecular complexity index is 107. The molecule has 0 aliphatic heterocycles. The fraction of sp³-hybridized carbons (Fsp3) is 1.00. The zero-order chi connectivity index (χ0) is 10.6. The predicted molar refractivity (Wildman–Crippen MR) is 68.9 cm³/mol. The van der Waals surface area contributed by atoms with Crippen LogP contribution in [0.3, 0.4) is 0 Å². The fourth-order valence-electron chi connectivity index (χ4n) is 1.48. The van der Waals surface area contributed by atoms with Gasteiger partial charge in [0, 0.05) is 9.52 Å². The van der Waals surface area contributed by atoms with Crippen molar-refractivity contribution in [1.82, 2.24) is 0 Å². The quantitative estimate of drug-likeness (QED) is 0.289. The number of hydrogen-bond acceptors (Lipinski definition) is 0. The molecule has 0 aliphatic rings. The molecule has 0 nitrogen and oxygen atoms in total. The summed E-state index contributed by atoms with van der Waals surface area (Å²) in [7, 11) is 1.14. The van der Waals surface area contributed by atoms with Gasteiger partial charge in [0.2, 0.25) is 0 Å². The largest absolute Gasteiger partial charge is 0.107 e. The van der Waals surface area contributed by atoms with Gasteiger partial charge >= 0.3 is 0 Å². The SMILES string of the molecule is C[Si]CCCCCCCCCC(Cl)Cl. The highest BCUT2D eigenvalue weighted by atomic mass is 35.5. The van der Waals surface area contributed by atoms with Crippen molar-refractivity contribution in [1.29, 1.82) is 0 Å². The van der Waals surface area contributed by atoms with E-state index in [0.29, 0.717) is 0 Å². The van der Waals surface area contributed by atoms with Crippen LogP contribution >= 0.6 is 23.2 Å². The second kappa shape index (κ2) is 11.9. The molecule has 14 heavy (non-hydrogen) atoms. The number of halogens is 2. The summed E-state index contributed by atoms with van der Waals surface area (Å²) in [4.78, 5) is -0.152. The highest BCUT2D eigenvalue weighted by molar-refractivity contribution is 6.44. The van der Waals surface area contributed by atoms with Crippen LogP contribution in [0.15, 0.2) is 0 Å². The van der Waals surface area contributed by atoms with E-state index in [1.807, 2.05) is 0 Å². The Morgan fingerprint density at radius 1 is 0.857 bits per heavy atom. The van der Waals surface area contributed by atoms with Gasteiger partial charge in [0.25, 0.3) is 0 Å². The Labute approximate surface area is 102 Å². The summed E-state index contributed by atoms with van der Waals surface area (Å²) in [5.74, 6) is 0. The average molecular weight is 253 g/mol. The average Bonchev–Trinajstić information content (AvgIpc) is 2.15. The van der Waals surface area contributed by atoms with E-state index in [-0.39, 0.29) is 4.84 Å². The molecule has 0 heterocycles. The van der Waals surface area contributed by atoms with Crippen molar-refractivity contribution in [3.63, 3.8) is 0 Å². The van der Waals surface area contributed by atoms with Gasteiger partial charge in [-0.05, 0) is 6.42 Å². The molecule has 0 bridgehead atoms. The number of rotatable bonds is 10. The molecule has 0 unspecified atom stereocenters. The first-order chi connectivity index (χ1) is 6.77. The van der Waals surface area contributed by atoms with Gasteiger partial charge in [0.15, 0.2) is 0 Å². The first kappa shape index (κ1) is 14.8. The third kappa shape index (κ3) is 12.8. The van der Waals surface area contributed by atoms with E-state index in [4.69, 9.17) is 23.2 Å². The van der Waals surface area contributed by atoms with Gasteiger partial charge in [0.1, 0.15) is 4.84 Å². The molecule has 0 aliphatic carbocycles.